The molecule has 2 nitrogen and oxygen atoms in total. The lowest BCUT2D eigenvalue weighted by molar-refractivity contribution is -0.0562. The molecule has 1 rings (SSSR count). The Balaban J connectivity index is 2.60. The van der Waals surface area contributed by atoms with Crippen LogP contribution in [0.2, 0.25) is 0 Å². The summed E-state index contributed by atoms with van der Waals surface area (Å²) in [7, 11) is 1.85. The molecular weight excluding hydrogens is 186 g/mol. The van der Waals surface area contributed by atoms with Gasteiger partial charge >= 0.3 is 0 Å². The largest absolute Gasteiger partial charge is 0.377 e. The van der Waals surface area contributed by atoms with Crippen molar-refractivity contribution in [2.45, 2.75) is 64.5 Å². The maximum atomic E-state index is 5.74. The van der Waals surface area contributed by atoms with Crippen LogP contribution in [0.1, 0.15) is 52.9 Å². The summed E-state index contributed by atoms with van der Waals surface area (Å²) in [6.07, 6.45) is 6.44. The Morgan fingerprint density at radius 1 is 1.40 bits per heavy atom. The minimum atomic E-state index is 0.0141. The van der Waals surface area contributed by atoms with Crippen LogP contribution < -0.4 is 5.32 Å². The molecule has 1 fully saturated rings. The van der Waals surface area contributed by atoms with Gasteiger partial charge in [0.05, 0.1) is 5.60 Å². The van der Waals surface area contributed by atoms with Crippen LogP contribution in [0.5, 0.6) is 0 Å². The average molecular weight is 213 g/mol. The molecule has 15 heavy (non-hydrogen) atoms. The van der Waals surface area contributed by atoms with Gasteiger partial charge in [0.2, 0.25) is 0 Å². The Morgan fingerprint density at radius 3 is 2.40 bits per heavy atom. The Kier molecular flexibility index (Phi) is 5.07. The normalized spacial score (nSPS) is 23.2. The van der Waals surface area contributed by atoms with E-state index in [0.717, 1.165) is 18.9 Å². The molecule has 1 N–H and O–H groups in total. The molecule has 0 aromatic rings. The molecule has 0 radical (unpaired) electrons. The van der Waals surface area contributed by atoms with Gasteiger partial charge in [0, 0.05) is 13.2 Å². The van der Waals surface area contributed by atoms with Gasteiger partial charge in [0.25, 0.3) is 0 Å². The third-order valence-electron chi connectivity index (χ3n) is 4.06. The molecule has 0 aromatic carbocycles. The SMILES string of the molecule is CCCNC(C1CCC1)C(C)(CC)OC. The van der Waals surface area contributed by atoms with Crippen molar-refractivity contribution in [2.24, 2.45) is 5.92 Å². The Labute approximate surface area is 94.8 Å². The van der Waals surface area contributed by atoms with Gasteiger partial charge in [0.1, 0.15) is 0 Å². The van der Waals surface area contributed by atoms with Crippen LogP contribution >= 0.6 is 0 Å². The van der Waals surface area contributed by atoms with Crippen LogP contribution in [0.3, 0.4) is 0 Å². The molecule has 1 aliphatic carbocycles. The van der Waals surface area contributed by atoms with Crippen molar-refractivity contribution >= 4 is 0 Å². The van der Waals surface area contributed by atoms with E-state index in [0.29, 0.717) is 6.04 Å². The summed E-state index contributed by atoms with van der Waals surface area (Å²) >= 11 is 0. The number of ether oxygens (including phenoxy) is 1. The van der Waals surface area contributed by atoms with E-state index in [1.165, 1.54) is 25.7 Å². The molecule has 0 heterocycles. The van der Waals surface area contributed by atoms with E-state index in [4.69, 9.17) is 4.74 Å². The zero-order valence-electron chi connectivity index (χ0n) is 10.8. The van der Waals surface area contributed by atoms with Crippen LogP contribution in [-0.4, -0.2) is 25.3 Å². The van der Waals surface area contributed by atoms with E-state index in [9.17, 15) is 0 Å². The summed E-state index contributed by atoms with van der Waals surface area (Å²) in [5.74, 6) is 0.835. The highest BCUT2D eigenvalue weighted by atomic mass is 16.5. The molecule has 0 spiro atoms. The molecule has 0 aliphatic heterocycles. The maximum Gasteiger partial charge on any atom is 0.0803 e. The summed E-state index contributed by atoms with van der Waals surface area (Å²) in [6.45, 7) is 7.81. The second kappa shape index (κ2) is 5.86. The van der Waals surface area contributed by atoms with Crippen LogP contribution in [0, 0.1) is 5.92 Å². The van der Waals surface area contributed by atoms with Crippen molar-refractivity contribution < 1.29 is 4.74 Å². The molecule has 2 unspecified atom stereocenters. The van der Waals surface area contributed by atoms with E-state index in [2.05, 4.69) is 26.1 Å². The smallest absolute Gasteiger partial charge is 0.0803 e. The number of hydrogen-bond acceptors (Lipinski definition) is 2. The Hall–Kier alpha value is -0.0800. The van der Waals surface area contributed by atoms with Crippen LogP contribution in [0.15, 0.2) is 0 Å². The van der Waals surface area contributed by atoms with Crippen molar-refractivity contribution in [3.05, 3.63) is 0 Å². The van der Waals surface area contributed by atoms with E-state index in [1.54, 1.807) is 0 Å². The molecule has 2 atom stereocenters. The summed E-state index contributed by atoms with van der Waals surface area (Å²) in [4.78, 5) is 0. The number of nitrogens with one attached hydrogen (secondary N) is 1. The lowest BCUT2D eigenvalue weighted by Crippen LogP contribution is -2.55. The lowest BCUT2D eigenvalue weighted by atomic mass is 9.72. The highest BCUT2D eigenvalue weighted by molar-refractivity contribution is 4.95. The van der Waals surface area contributed by atoms with Crippen molar-refractivity contribution in [3.8, 4) is 0 Å². The molecule has 1 aliphatic rings. The molecule has 1 saturated carbocycles. The standard InChI is InChI=1S/C13H27NO/c1-5-10-14-12(11-8-7-9-11)13(3,6-2)15-4/h11-12,14H,5-10H2,1-4H3. The average Bonchev–Trinajstić information content (AvgIpc) is 2.20. The first-order valence-electron chi connectivity index (χ1n) is 6.46. The molecular formula is C13H27NO. The van der Waals surface area contributed by atoms with Crippen molar-refractivity contribution in [3.63, 3.8) is 0 Å². The zero-order chi connectivity index (χ0) is 11.3. The van der Waals surface area contributed by atoms with Crippen LogP contribution in [0.25, 0.3) is 0 Å². The lowest BCUT2D eigenvalue weighted by Gasteiger charge is -2.44. The number of methoxy groups -OCH3 is 1. The molecule has 2 heteroatoms. The van der Waals surface area contributed by atoms with Gasteiger partial charge in [-0.05, 0) is 45.1 Å². The summed E-state index contributed by atoms with van der Waals surface area (Å²) in [5.41, 5.74) is 0.0141. The van der Waals surface area contributed by atoms with Crippen LogP contribution in [0.4, 0.5) is 0 Å². The Morgan fingerprint density at radius 2 is 2.07 bits per heavy atom. The second-order valence-electron chi connectivity index (χ2n) is 4.99. The monoisotopic (exact) mass is 213 g/mol. The van der Waals surface area contributed by atoms with E-state index in [1.807, 2.05) is 7.11 Å². The second-order valence-corrected chi connectivity index (χ2v) is 4.99. The first kappa shape index (κ1) is 13.0. The predicted octanol–water partition coefficient (Wildman–Crippen LogP) is 2.97. The third-order valence-corrected chi connectivity index (χ3v) is 4.06. The summed E-state index contributed by atoms with van der Waals surface area (Å²) in [6, 6.07) is 0.543. The molecule has 0 bridgehead atoms. The Bertz CT molecular complexity index is 173. The highest BCUT2D eigenvalue weighted by Crippen LogP contribution is 2.36. The molecule has 0 saturated heterocycles. The number of rotatable bonds is 7. The van der Waals surface area contributed by atoms with Gasteiger partial charge < -0.3 is 10.1 Å². The van der Waals surface area contributed by atoms with Crippen molar-refractivity contribution in [2.75, 3.05) is 13.7 Å². The van der Waals surface area contributed by atoms with Crippen molar-refractivity contribution in [1.82, 2.24) is 5.32 Å². The van der Waals surface area contributed by atoms with E-state index >= 15 is 0 Å². The summed E-state index contributed by atoms with van der Waals surface area (Å²) < 4.78 is 5.74. The maximum absolute atomic E-state index is 5.74. The minimum absolute atomic E-state index is 0.0141. The van der Waals surface area contributed by atoms with Gasteiger partial charge in [-0.25, -0.2) is 0 Å². The van der Waals surface area contributed by atoms with Gasteiger partial charge in [-0.15, -0.1) is 0 Å². The molecule has 90 valence electrons. The molecule has 0 amide bonds. The van der Waals surface area contributed by atoms with Crippen molar-refractivity contribution in [1.29, 1.82) is 0 Å². The van der Waals surface area contributed by atoms with Gasteiger partial charge in [-0.1, -0.05) is 20.3 Å². The fraction of sp³-hybridized carbons (Fsp3) is 1.00. The first-order chi connectivity index (χ1) is 7.18. The summed E-state index contributed by atoms with van der Waals surface area (Å²) in [5, 5.41) is 3.69. The fourth-order valence-electron chi connectivity index (χ4n) is 2.45. The van der Waals surface area contributed by atoms with E-state index in [-0.39, 0.29) is 5.60 Å². The quantitative estimate of drug-likeness (QED) is 0.702. The fourth-order valence-corrected chi connectivity index (χ4v) is 2.45. The predicted molar refractivity (Wildman–Crippen MR) is 65.1 cm³/mol. The zero-order valence-corrected chi connectivity index (χ0v) is 10.8. The minimum Gasteiger partial charge on any atom is -0.377 e. The first-order valence-corrected chi connectivity index (χ1v) is 6.46. The number of hydrogen-bond donors (Lipinski definition) is 1. The third kappa shape index (κ3) is 2.94. The molecule has 0 aromatic heterocycles. The van der Waals surface area contributed by atoms with Crippen LogP contribution in [-0.2, 0) is 4.74 Å². The highest BCUT2D eigenvalue weighted by Gasteiger charge is 2.39. The van der Waals surface area contributed by atoms with Gasteiger partial charge in [-0.2, -0.15) is 0 Å². The van der Waals surface area contributed by atoms with Gasteiger partial charge in [-0.3, -0.25) is 0 Å². The topological polar surface area (TPSA) is 21.3 Å². The van der Waals surface area contributed by atoms with E-state index < -0.39 is 0 Å². The van der Waals surface area contributed by atoms with Gasteiger partial charge in [0.15, 0.2) is 0 Å².